The first-order valence-corrected chi connectivity index (χ1v) is 11.8. The van der Waals surface area contributed by atoms with E-state index in [4.69, 9.17) is 10.5 Å². The lowest BCUT2D eigenvalue weighted by atomic mass is 9.96. The number of carbonyl (C=O) groups is 2. The summed E-state index contributed by atoms with van der Waals surface area (Å²) in [6, 6.07) is 17.5. The minimum atomic E-state index is -0.361. The van der Waals surface area contributed by atoms with E-state index in [1.54, 1.807) is 7.11 Å². The number of carbonyl (C=O) groups excluding carboxylic acids is 2. The zero-order valence-corrected chi connectivity index (χ0v) is 19.5. The number of nitrogens with two attached hydrogens (primary N) is 1. The number of likely N-dealkylation sites (tertiary alicyclic amines) is 1. The van der Waals surface area contributed by atoms with E-state index in [1.807, 2.05) is 71.0 Å². The van der Waals surface area contributed by atoms with E-state index in [9.17, 15) is 9.59 Å². The van der Waals surface area contributed by atoms with Gasteiger partial charge in [-0.25, -0.2) is 0 Å². The Labute approximate surface area is 197 Å². The summed E-state index contributed by atoms with van der Waals surface area (Å²) in [6.07, 6.45) is 1.22. The van der Waals surface area contributed by atoms with E-state index in [1.165, 1.54) is 11.8 Å². The highest BCUT2D eigenvalue weighted by molar-refractivity contribution is 8.00. The Balaban J connectivity index is 1.59. The van der Waals surface area contributed by atoms with Gasteiger partial charge in [-0.2, -0.15) is 0 Å². The first-order chi connectivity index (χ1) is 16.0. The highest BCUT2D eigenvalue weighted by Crippen LogP contribution is 2.32. The summed E-state index contributed by atoms with van der Waals surface area (Å²) in [4.78, 5) is 26.3. The molecule has 0 spiro atoms. The number of piperidine rings is 1. The molecule has 0 saturated carbocycles. The quantitative estimate of drug-likeness (QED) is 0.538. The molecule has 8 nitrogen and oxygen atoms in total. The van der Waals surface area contributed by atoms with Gasteiger partial charge < -0.3 is 15.4 Å². The van der Waals surface area contributed by atoms with Crippen molar-refractivity contribution in [3.63, 3.8) is 0 Å². The Bertz CT molecular complexity index is 1130. The number of amides is 2. The van der Waals surface area contributed by atoms with E-state index in [-0.39, 0.29) is 23.0 Å². The zero-order valence-electron chi connectivity index (χ0n) is 18.7. The Kier molecular flexibility index (Phi) is 6.98. The first kappa shape index (κ1) is 22.8. The third-order valence-corrected chi connectivity index (χ3v) is 6.84. The lowest BCUT2D eigenvalue weighted by molar-refractivity contribution is -0.134. The fourth-order valence-corrected chi connectivity index (χ4v) is 4.91. The van der Waals surface area contributed by atoms with Gasteiger partial charge in [0.1, 0.15) is 5.75 Å². The molecule has 2 heterocycles. The average molecular weight is 466 g/mol. The molecule has 0 aliphatic carbocycles. The van der Waals surface area contributed by atoms with Crippen molar-refractivity contribution in [3.05, 3.63) is 54.6 Å². The van der Waals surface area contributed by atoms with Gasteiger partial charge in [-0.3, -0.25) is 14.2 Å². The van der Waals surface area contributed by atoms with Gasteiger partial charge in [0.25, 0.3) is 0 Å². The maximum absolute atomic E-state index is 13.1. The van der Waals surface area contributed by atoms with Gasteiger partial charge in [0.05, 0.1) is 12.4 Å². The summed E-state index contributed by atoms with van der Waals surface area (Å²) in [5.41, 5.74) is 7.19. The van der Waals surface area contributed by atoms with Crippen molar-refractivity contribution in [2.75, 3.05) is 20.2 Å². The molecule has 2 amide bonds. The van der Waals surface area contributed by atoms with Gasteiger partial charge in [-0.05, 0) is 44.0 Å². The third-order valence-electron chi connectivity index (χ3n) is 5.81. The molecule has 1 fully saturated rings. The van der Waals surface area contributed by atoms with Crippen LogP contribution in [0.2, 0.25) is 0 Å². The number of thioether (sulfide) groups is 1. The van der Waals surface area contributed by atoms with Crippen LogP contribution in [0.1, 0.15) is 19.8 Å². The summed E-state index contributed by atoms with van der Waals surface area (Å²) in [7, 11) is 1.63. The molecule has 1 unspecified atom stereocenters. The van der Waals surface area contributed by atoms with Crippen LogP contribution in [0, 0.1) is 5.92 Å². The number of nitrogens with zero attached hydrogens (tertiary/aromatic N) is 4. The van der Waals surface area contributed by atoms with E-state index >= 15 is 0 Å². The first-order valence-electron chi connectivity index (χ1n) is 10.9. The number of benzene rings is 2. The smallest absolute Gasteiger partial charge is 0.235 e. The SMILES string of the molecule is COc1cccc(-c2nnc(SC(C)C(=O)N3CCC(C(N)=O)CC3)n2-c2ccccc2)c1. The molecule has 1 saturated heterocycles. The van der Waals surface area contributed by atoms with E-state index in [0.29, 0.717) is 36.9 Å². The highest BCUT2D eigenvalue weighted by Gasteiger charge is 2.30. The predicted molar refractivity (Wildman–Crippen MR) is 127 cm³/mol. The lowest BCUT2D eigenvalue weighted by Crippen LogP contribution is -2.44. The normalized spacial score (nSPS) is 15.3. The largest absolute Gasteiger partial charge is 0.497 e. The molecule has 2 aromatic carbocycles. The van der Waals surface area contributed by atoms with Crippen LogP contribution in [0.25, 0.3) is 17.1 Å². The molecule has 1 atom stereocenters. The van der Waals surface area contributed by atoms with Gasteiger partial charge in [0.15, 0.2) is 11.0 Å². The Morgan fingerprint density at radius 1 is 1.09 bits per heavy atom. The third kappa shape index (κ3) is 5.03. The van der Waals surface area contributed by atoms with Crippen molar-refractivity contribution in [3.8, 4) is 22.8 Å². The van der Waals surface area contributed by atoms with Crippen LogP contribution in [-0.4, -0.2) is 56.9 Å². The number of methoxy groups -OCH3 is 1. The Hall–Kier alpha value is -3.33. The lowest BCUT2D eigenvalue weighted by Gasteiger charge is -2.32. The number of para-hydroxylation sites is 1. The number of hydrogen-bond acceptors (Lipinski definition) is 6. The molecular weight excluding hydrogens is 438 g/mol. The molecule has 1 aromatic heterocycles. The van der Waals surface area contributed by atoms with E-state index < -0.39 is 0 Å². The van der Waals surface area contributed by atoms with Crippen molar-refractivity contribution in [1.29, 1.82) is 0 Å². The predicted octanol–water partition coefficient (Wildman–Crippen LogP) is 3.15. The van der Waals surface area contributed by atoms with E-state index in [2.05, 4.69) is 10.2 Å². The summed E-state index contributed by atoms with van der Waals surface area (Å²) in [6.45, 7) is 2.96. The van der Waals surface area contributed by atoms with Crippen molar-refractivity contribution in [2.24, 2.45) is 11.7 Å². The summed E-state index contributed by atoms with van der Waals surface area (Å²) in [5, 5.41) is 9.15. The number of primary amides is 1. The molecule has 4 rings (SSSR count). The monoisotopic (exact) mass is 465 g/mol. The van der Waals surface area contributed by atoms with Crippen LogP contribution in [0.3, 0.4) is 0 Å². The maximum atomic E-state index is 13.1. The molecule has 9 heteroatoms. The molecule has 1 aliphatic heterocycles. The zero-order chi connectivity index (χ0) is 23.4. The molecule has 1 aliphatic rings. The Morgan fingerprint density at radius 2 is 1.82 bits per heavy atom. The van der Waals surface area contributed by atoms with E-state index in [0.717, 1.165) is 17.0 Å². The average Bonchev–Trinajstić information content (AvgIpc) is 3.27. The standard InChI is InChI=1S/C24H27N5O3S/c1-16(23(31)28-13-11-17(12-14-28)21(25)30)33-24-27-26-22(18-7-6-10-20(15-18)32-2)29(24)19-8-4-3-5-9-19/h3-10,15-17H,11-14H2,1-2H3,(H2,25,30). The summed E-state index contributed by atoms with van der Waals surface area (Å²) >= 11 is 1.37. The van der Waals surface area contributed by atoms with Crippen molar-refractivity contribution in [2.45, 2.75) is 30.2 Å². The van der Waals surface area contributed by atoms with Crippen LogP contribution in [0.5, 0.6) is 5.75 Å². The van der Waals surface area contributed by atoms with Crippen molar-refractivity contribution in [1.82, 2.24) is 19.7 Å². The van der Waals surface area contributed by atoms with Crippen LogP contribution in [0.15, 0.2) is 59.8 Å². The minimum Gasteiger partial charge on any atom is -0.497 e. The van der Waals surface area contributed by atoms with Gasteiger partial charge >= 0.3 is 0 Å². The van der Waals surface area contributed by atoms with Gasteiger partial charge in [-0.1, -0.05) is 42.1 Å². The van der Waals surface area contributed by atoms with Gasteiger partial charge in [0.2, 0.25) is 11.8 Å². The molecule has 3 aromatic rings. The second kappa shape index (κ2) is 10.1. The van der Waals surface area contributed by atoms with Crippen LogP contribution in [0.4, 0.5) is 0 Å². The molecule has 0 bridgehead atoms. The summed E-state index contributed by atoms with van der Waals surface area (Å²) < 4.78 is 7.33. The maximum Gasteiger partial charge on any atom is 0.235 e. The summed E-state index contributed by atoms with van der Waals surface area (Å²) in [5.74, 6) is 0.986. The van der Waals surface area contributed by atoms with Crippen LogP contribution < -0.4 is 10.5 Å². The minimum absolute atomic E-state index is 0.0217. The van der Waals surface area contributed by atoms with Crippen molar-refractivity contribution >= 4 is 23.6 Å². The number of aromatic nitrogens is 3. The van der Waals surface area contributed by atoms with Crippen LogP contribution in [-0.2, 0) is 9.59 Å². The second-order valence-electron chi connectivity index (χ2n) is 7.97. The molecular formula is C24H27N5O3S. The fourth-order valence-electron chi connectivity index (χ4n) is 3.96. The molecule has 2 N–H and O–H groups in total. The number of rotatable bonds is 7. The van der Waals surface area contributed by atoms with Crippen LogP contribution >= 0.6 is 11.8 Å². The number of hydrogen-bond donors (Lipinski definition) is 1. The van der Waals surface area contributed by atoms with Crippen molar-refractivity contribution < 1.29 is 14.3 Å². The van der Waals surface area contributed by atoms with Gasteiger partial charge in [-0.15, -0.1) is 10.2 Å². The van der Waals surface area contributed by atoms with Gasteiger partial charge in [0, 0.05) is 30.3 Å². The Morgan fingerprint density at radius 3 is 2.48 bits per heavy atom. The number of ether oxygens (including phenoxy) is 1. The molecule has 33 heavy (non-hydrogen) atoms. The fraction of sp³-hybridized carbons (Fsp3) is 0.333. The molecule has 172 valence electrons. The highest BCUT2D eigenvalue weighted by atomic mass is 32.2. The molecule has 0 radical (unpaired) electrons. The second-order valence-corrected chi connectivity index (χ2v) is 9.28. The topological polar surface area (TPSA) is 103 Å².